The Labute approximate surface area is 108 Å². The zero-order valence-electron chi connectivity index (χ0n) is 11.4. The van der Waals surface area contributed by atoms with Crippen molar-refractivity contribution < 1.29 is 4.39 Å². The molecule has 0 spiro atoms. The first-order chi connectivity index (χ1) is 8.47. The summed E-state index contributed by atoms with van der Waals surface area (Å²) in [5.74, 6) is -0.267. The van der Waals surface area contributed by atoms with Gasteiger partial charge in [-0.1, -0.05) is 6.07 Å². The lowest BCUT2D eigenvalue weighted by Crippen LogP contribution is -2.54. The van der Waals surface area contributed by atoms with E-state index in [1.54, 1.807) is 6.07 Å². The van der Waals surface area contributed by atoms with Gasteiger partial charge in [-0.3, -0.25) is 9.80 Å². The Hall–Kier alpha value is -1.13. The molecule has 2 N–H and O–H groups in total. The minimum absolute atomic E-state index is 0.267. The summed E-state index contributed by atoms with van der Waals surface area (Å²) < 4.78 is 13.0. The highest BCUT2D eigenvalue weighted by molar-refractivity contribution is 5.46. The molecule has 3 nitrogen and oxygen atoms in total. The van der Waals surface area contributed by atoms with Gasteiger partial charge in [-0.15, -0.1) is 0 Å². The maximum Gasteiger partial charge on any atom is 0.125 e. The smallest absolute Gasteiger partial charge is 0.125 e. The van der Waals surface area contributed by atoms with Crippen molar-refractivity contribution in [3.63, 3.8) is 0 Å². The molecule has 1 fully saturated rings. The normalized spacial score (nSPS) is 26.4. The molecule has 1 saturated heterocycles. The molecular formula is C14H22FN3. The Morgan fingerprint density at radius 1 is 1.28 bits per heavy atom. The van der Waals surface area contributed by atoms with Crippen LogP contribution in [0.3, 0.4) is 0 Å². The van der Waals surface area contributed by atoms with E-state index in [0.717, 1.165) is 25.2 Å². The van der Waals surface area contributed by atoms with Crippen molar-refractivity contribution in [2.45, 2.75) is 32.5 Å². The van der Waals surface area contributed by atoms with Gasteiger partial charge in [0.25, 0.3) is 0 Å². The van der Waals surface area contributed by atoms with Gasteiger partial charge in [-0.05, 0) is 38.6 Å². The molecule has 1 aromatic carbocycles. The molecule has 0 saturated carbocycles. The van der Waals surface area contributed by atoms with E-state index in [1.165, 1.54) is 12.1 Å². The van der Waals surface area contributed by atoms with E-state index in [2.05, 4.69) is 30.7 Å². The number of piperazine rings is 1. The average Bonchev–Trinajstić information content (AvgIpc) is 2.29. The number of hydrogen-bond acceptors (Lipinski definition) is 3. The molecule has 0 bridgehead atoms. The predicted molar refractivity (Wildman–Crippen MR) is 72.8 cm³/mol. The lowest BCUT2D eigenvalue weighted by Gasteiger charge is -2.42. The van der Waals surface area contributed by atoms with Crippen LogP contribution in [-0.2, 0) is 6.54 Å². The molecule has 2 atom stereocenters. The quantitative estimate of drug-likeness (QED) is 0.815. The molecule has 0 aromatic heterocycles. The van der Waals surface area contributed by atoms with Crippen LogP contribution < -0.4 is 5.73 Å². The number of halogens is 1. The first-order valence-corrected chi connectivity index (χ1v) is 6.45. The lowest BCUT2D eigenvalue weighted by atomic mass is 10.1. The number of nitrogens with two attached hydrogens (primary N) is 1. The molecule has 1 aliphatic rings. The number of benzene rings is 1. The Morgan fingerprint density at radius 3 is 2.44 bits per heavy atom. The van der Waals surface area contributed by atoms with Crippen molar-refractivity contribution in [3.05, 3.63) is 29.6 Å². The standard InChI is InChI=1S/C14H22FN3/c1-10-7-18(8-11(2)17(10)3)9-12-4-5-13(15)6-14(12)16/h4-6,10-11H,7-9,16H2,1-3H3. The highest BCUT2D eigenvalue weighted by Crippen LogP contribution is 2.19. The fourth-order valence-electron chi connectivity index (χ4n) is 2.59. The van der Waals surface area contributed by atoms with Gasteiger partial charge in [-0.2, -0.15) is 0 Å². The highest BCUT2D eigenvalue weighted by Gasteiger charge is 2.26. The Bertz CT molecular complexity index is 410. The fraction of sp³-hybridized carbons (Fsp3) is 0.571. The number of nitrogens with zero attached hydrogens (tertiary/aromatic N) is 2. The van der Waals surface area contributed by atoms with E-state index in [9.17, 15) is 4.39 Å². The van der Waals surface area contributed by atoms with Crippen LogP contribution >= 0.6 is 0 Å². The van der Waals surface area contributed by atoms with Gasteiger partial charge < -0.3 is 5.73 Å². The predicted octanol–water partition coefficient (Wildman–Crippen LogP) is 1.93. The van der Waals surface area contributed by atoms with Gasteiger partial charge >= 0.3 is 0 Å². The SMILES string of the molecule is CC1CN(Cc2ccc(F)cc2N)CC(C)N1C. The van der Waals surface area contributed by atoms with Crippen molar-refractivity contribution in [3.8, 4) is 0 Å². The summed E-state index contributed by atoms with van der Waals surface area (Å²) in [6.07, 6.45) is 0. The molecule has 0 amide bonds. The average molecular weight is 251 g/mol. The van der Waals surface area contributed by atoms with E-state index in [1.807, 2.05) is 0 Å². The van der Waals surface area contributed by atoms with Crippen molar-refractivity contribution in [2.24, 2.45) is 0 Å². The van der Waals surface area contributed by atoms with Crippen molar-refractivity contribution in [1.29, 1.82) is 0 Å². The minimum atomic E-state index is -0.267. The van der Waals surface area contributed by atoms with Crippen LogP contribution in [0.25, 0.3) is 0 Å². The summed E-state index contributed by atoms with van der Waals surface area (Å²) in [6.45, 7) is 7.32. The molecule has 0 aliphatic carbocycles. The minimum Gasteiger partial charge on any atom is -0.398 e. The molecular weight excluding hydrogens is 229 g/mol. The van der Waals surface area contributed by atoms with Gasteiger partial charge in [0.2, 0.25) is 0 Å². The summed E-state index contributed by atoms with van der Waals surface area (Å²) in [5.41, 5.74) is 7.42. The third-order valence-electron chi connectivity index (χ3n) is 3.94. The monoisotopic (exact) mass is 251 g/mol. The largest absolute Gasteiger partial charge is 0.398 e. The van der Waals surface area contributed by atoms with E-state index in [-0.39, 0.29) is 5.82 Å². The summed E-state index contributed by atoms with van der Waals surface area (Å²) in [5, 5.41) is 0. The van der Waals surface area contributed by atoms with Gasteiger partial charge in [0.15, 0.2) is 0 Å². The van der Waals surface area contributed by atoms with Crippen LogP contribution in [0, 0.1) is 5.82 Å². The van der Waals surface area contributed by atoms with Crippen LogP contribution in [0.2, 0.25) is 0 Å². The van der Waals surface area contributed by atoms with Gasteiger partial charge in [0.1, 0.15) is 5.82 Å². The first kappa shape index (κ1) is 13.3. The van der Waals surface area contributed by atoms with Crippen LogP contribution in [0.4, 0.5) is 10.1 Å². The molecule has 100 valence electrons. The van der Waals surface area contributed by atoms with E-state index >= 15 is 0 Å². The molecule has 1 aliphatic heterocycles. The summed E-state index contributed by atoms with van der Waals surface area (Å²) >= 11 is 0. The third-order valence-corrected chi connectivity index (χ3v) is 3.94. The van der Waals surface area contributed by atoms with Crippen molar-refractivity contribution in [1.82, 2.24) is 9.80 Å². The second-order valence-corrected chi connectivity index (χ2v) is 5.40. The van der Waals surface area contributed by atoms with E-state index in [0.29, 0.717) is 17.8 Å². The Balaban J connectivity index is 2.05. The maximum absolute atomic E-state index is 13.0. The van der Waals surface area contributed by atoms with E-state index in [4.69, 9.17) is 5.73 Å². The number of rotatable bonds is 2. The van der Waals surface area contributed by atoms with Crippen molar-refractivity contribution in [2.75, 3.05) is 25.9 Å². The summed E-state index contributed by atoms with van der Waals surface area (Å²) in [6, 6.07) is 5.75. The molecule has 1 heterocycles. The van der Waals surface area contributed by atoms with Gasteiger partial charge in [-0.25, -0.2) is 4.39 Å². The first-order valence-electron chi connectivity index (χ1n) is 6.45. The number of likely N-dealkylation sites (N-methyl/N-ethyl adjacent to an activating group) is 1. The van der Waals surface area contributed by atoms with Crippen LogP contribution in [0.1, 0.15) is 19.4 Å². The zero-order chi connectivity index (χ0) is 13.3. The number of anilines is 1. The fourth-order valence-corrected chi connectivity index (χ4v) is 2.59. The van der Waals surface area contributed by atoms with Crippen LogP contribution in [0.15, 0.2) is 18.2 Å². The number of hydrogen-bond donors (Lipinski definition) is 1. The third kappa shape index (κ3) is 2.82. The topological polar surface area (TPSA) is 32.5 Å². The summed E-state index contributed by atoms with van der Waals surface area (Å²) in [4.78, 5) is 4.78. The van der Waals surface area contributed by atoms with Gasteiger partial charge in [0.05, 0.1) is 0 Å². The van der Waals surface area contributed by atoms with Crippen LogP contribution in [-0.4, -0.2) is 42.0 Å². The Morgan fingerprint density at radius 2 is 1.89 bits per heavy atom. The molecule has 0 radical (unpaired) electrons. The van der Waals surface area contributed by atoms with Gasteiger partial charge in [0, 0.05) is 37.4 Å². The highest BCUT2D eigenvalue weighted by atomic mass is 19.1. The summed E-state index contributed by atoms with van der Waals surface area (Å²) in [7, 11) is 2.17. The number of nitrogen functional groups attached to an aromatic ring is 1. The molecule has 4 heteroatoms. The van der Waals surface area contributed by atoms with Crippen molar-refractivity contribution >= 4 is 5.69 Å². The maximum atomic E-state index is 13.0. The Kier molecular flexibility index (Phi) is 3.88. The second-order valence-electron chi connectivity index (χ2n) is 5.40. The second kappa shape index (κ2) is 5.24. The lowest BCUT2D eigenvalue weighted by molar-refractivity contribution is 0.0557. The molecule has 18 heavy (non-hydrogen) atoms. The molecule has 2 rings (SSSR count). The molecule has 1 aromatic rings. The zero-order valence-corrected chi connectivity index (χ0v) is 11.4. The van der Waals surface area contributed by atoms with E-state index < -0.39 is 0 Å². The van der Waals surface area contributed by atoms with Crippen LogP contribution in [0.5, 0.6) is 0 Å². The molecule has 2 unspecified atom stereocenters.